The van der Waals surface area contributed by atoms with E-state index in [-0.39, 0.29) is 5.75 Å². The predicted molar refractivity (Wildman–Crippen MR) is 108 cm³/mol. The maximum atomic E-state index is 9.81. The third-order valence-corrected chi connectivity index (χ3v) is 4.75. The number of phenols is 1. The van der Waals surface area contributed by atoms with Crippen molar-refractivity contribution < 1.29 is 5.11 Å². The second-order valence-corrected chi connectivity index (χ2v) is 6.72. The minimum atomic E-state index is 0.279. The predicted octanol–water partition coefficient (Wildman–Crippen LogP) is 6.82. The highest BCUT2D eigenvalue weighted by atomic mass is 35.5. The van der Waals surface area contributed by atoms with Gasteiger partial charge in [0.25, 0.3) is 0 Å². The molecular weight excluding hydrogens is 328 g/mol. The topological polar surface area (TPSA) is 20.2 Å². The molecule has 1 aliphatic rings. The number of benzene rings is 2. The summed E-state index contributed by atoms with van der Waals surface area (Å²) in [5.74, 6) is 0.279. The van der Waals surface area contributed by atoms with E-state index in [9.17, 15) is 5.11 Å². The molecule has 0 aromatic heterocycles. The monoisotopic (exact) mass is 350 g/mol. The highest BCUT2D eigenvalue weighted by molar-refractivity contribution is 6.31. The van der Waals surface area contributed by atoms with Gasteiger partial charge in [-0.05, 0) is 71.4 Å². The second-order valence-electron chi connectivity index (χ2n) is 6.31. The molecule has 2 aromatic rings. The van der Waals surface area contributed by atoms with E-state index in [4.69, 9.17) is 11.6 Å². The zero-order chi connectivity index (χ0) is 17.6. The van der Waals surface area contributed by atoms with Crippen LogP contribution in [0.2, 0.25) is 5.02 Å². The second kappa shape index (κ2) is 8.22. The molecule has 0 amide bonds. The Labute approximate surface area is 155 Å². The van der Waals surface area contributed by atoms with E-state index in [1.54, 1.807) is 12.1 Å². The van der Waals surface area contributed by atoms with Gasteiger partial charge in [-0.1, -0.05) is 67.4 Å². The first-order valence-electron chi connectivity index (χ1n) is 8.84. The lowest BCUT2D eigenvalue weighted by Gasteiger charge is -2.17. The van der Waals surface area contributed by atoms with Crippen molar-refractivity contribution in [1.82, 2.24) is 0 Å². The molecular formula is C23H23ClO. The Kier molecular flexibility index (Phi) is 5.78. The van der Waals surface area contributed by atoms with Crippen molar-refractivity contribution in [3.63, 3.8) is 0 Å². The molecule has 0 aliphatic heterocycles. The summed E-state index contributed by atoms with van der Waals surface area (Å²) in [6.45, 7) is 2.17. The minimum absolute atomic E-state index is 0.279. The van der Waals surface area contributed by atoms with Crippen molar-refractivity contribution in [2.45, 2.75) is 32.6 Å². The van der Waals surface area contributed by atoms with Gasteiger partial charge in [-0.15, -0.1) is 0 Å². The summed E-state index contributed by atoms with van der Waals surface area (Å²) in [6, 6.07) is 13.5. The van der Waals surface area contributed by atoms with Crippen molar-refractivity contribution in [3.05, 3.63) is 88.0 Å². The third-order valence-electron chi connectivity index (χ3n) is 4.40. The normalized spacial score (nSPS) is 14.5. The van der Waals surface area contributed by atoms with Gasteiger partial charge < -0.3 is 5.11 Å². The number of rotatable bonds is 5. The molecule has 25 heavy (non-hydrogen) atoms. The summed E-state index contributed by atoms with van der Waals surface area (Å²) in [4.78, 5) is 0. The summed E-state index contributed by atoms with van der Waals surface area (Å²) in [6.07, 6.45) is 13.0. The number of allylic oxidation sites excluding steroid dienone is 5. The summed E-state index contributed by atoms with van der Waals surface area (Å²) in [5.41, 5.74) is 5.73. The smallest absolute Gasteiger partial charge is 0.116 e. The van der Waals surface area contributed by atoms with Gasteiger partial charge in [0.1, 0.15) is 5.75 Å². The molecule has 0 saturated heterocycles. The first-order chi connectivity index (χ1) is 12.2. The molecule has 0 spiro atoms. The molecule has 0 heterocycles. The van der Waals surface area contributed by atoms with Gasteiger partial charge >= 0.3 is 0 Å². The van der Waals surface area contributed by atoms with Crippen LogP contribution in [0.15, 0.2) is 66.3 Å². The molecule has 2 heteroatoms. The lowest BCUT2D eigenvalue weighted by molar-refractivity contribution is 0.475. The van der Waals surface area contributed by atoms with E-state index >= 15 is 0 Å². The molecule has 1 nitrogen and oxygen atoms in total. The number of halogens is 1. The maximum absolute atomic E-state index is 9.81. The van der Waals surface area contributed by atoms with E-state index in [0.29, 0.717) is 0 Å². The van der Waals surface area contributed by atoms with Crippen LogP contribution in [0.4, 0.5) is 0 Å². The molecule has 2 aromatic carbocycles. The lowest BCUT2D eigenvalue weighted by Crippen LogP contribution is -1.98. The minimum Gasteiger partial charge on any atom is -0.508 e. The standard InChI is InChI=1S/C23H23ClO/c1-2-8-21-20(13-7-14-23(21)24)22(18-10-4-3-5-11-18)16-17-9-6-12-19(25)15-17/h4,6-7,9-16,25H,2-3,5,8H2,1H3/b22-16+. The van der Waals surface area contributed by atoms with Crippen LogP contribution in [0.3, 0.4) is 0 Å². The van der Waals surface area contributed by atoms with E-state index < -0.39 is 0 Å². The quantitative estimate of drug-likeness (QED) is 0.587. The Morgan fingerprint density at radius 2 is 2.00 bits per heavy atom. The maximum Gasteiger partial charge on any atom is 0.116 e. The van der Waals surface area contributed by atoms with Crippen molar-refractivity contribution in [2.24, 2.45) is 0 Å². The molecule has 0 atom stereocenters. The van der Waals surface area contributed by atoms with Gasteiger partial charge in [-0.3, -0.25) is 0 Å². The Morgan fingerprint density at radius 1 is 1.16 bits per heavy atom. The lowest BCUT2D eigenvalue weighted by atomic mass is 9.88. The van der Waals surface area contributed by atoms with Crippen LogP contribution in [0, 0.1) is 0 Å². The molecule has 0 radical (unpaired) electrons. The summed E-state index contributed by atoms with van der Waals surface area (Å²) in [7, 11) is 0. The Balaban J connectivity index is 2.17. The van der Waals surface area contributed by atoms with Crippen LogP contribution in [0.1, 0.15) is 42.9 Å². The number of phenolic OH excluding ortho intramolecular Hbond substituents is 1. The van der Waals surface area contributed by atoms with Crippen LogP contribution in [0.5, 0.6) is 5.75 Å². The average Bonchev–Trinajstić information content (AvgIpc) is 2.63. The van der Waals surface area contributed by atoms with Gasteiger partial charge in [0.2, 0.25) is 0 Å². The van der Waals surface area contributed by atoms with Crippen molar-refractivity contribution in [3.8, 4) is 5.75 Å². The highest BCUT2D eigenvalue weighted by Crippen LogP contribution is 2.35. The third kappa shape index (κ3) is 4.24. The van der Waals surface area contributed by atoms with Crippen LogP contribution in [0.25, 0.3) is 11.6 Å². The van der Waals surface area contributed by atoms with E-state index in [1.165, 1.54) is 16.7 Å². The summed E-state index contributed by atoms with van der Waals surface area (Å²) >= 11 is 6.51. The molecule has 3 rings (SSSR count). The molecule has 0 fully saturated rings. The Hall–Kier alpha value is -2.25. The van der Waals surface area contributed by atoms with E-state index in [2.05, 4.69) is 37.3 Å². The molecule has 1 N–H and O–H groups in total. The fourth-order valence-corrected chi connectivity index (χ4v) is 3.50. The van der Waals surface area contributed by atoms with Crippen LogP contribution in [-0.2, 0) is 6.42 Å². The van der Waals surface area contributed by atoms with Gasteiger partial charge in [0, 0.05) is 5.02 Å². The summed E-state index contributed by atoms with van der Waals surface area (Å²) < 4.78 is 0. The average molecular weight is 351 g/mol. The molecule has 0 unspecified atom stereocenters. The van der Waals surface area contributed by atoms with Crippen molar-refractivity contribution in [1.29, 1.82) is 0 Å². The van der Waals surface area contributed by atoms with Gasteiger partial charge in [-0.2, -0.15) is 0 Å². The van der Waals surface area contributed by atoms with E-state index in [1.807, 2.05) is 24.3 Å². The van der Waals surface area contributed by atoms with Crippen LogP contribution >= 0.6 is 11.6 Å². The SMILES string of the molecule is CCCc1c(Cl)cccc1/C(=C/c1cccc(O)c1)C1=CCCC=C1. The van der Waals surface area contributed by atoms with Crippen LogP contribution in [-0.4, -0.2) is 5.11 Å². The molecule has 1 aliphatic carbocycles. The summed E-state index contributed by atoms with van der Waals surface area (Å²) in [5, 5.41) is 10.6. The van der Waals surface area contributed by atoms with Crippen molar-refractivity contribution in [2.75, 3.05) is 0 Å². The number of hydrogen-bond acceptors (Lipinski definition) is 1. The largest absolute Gasteiger partial charge is 0.508 e. The number of hydrogen-bond donors (Lipinski definition) is 1. The fourth-order valence-electron chi connectivity index (χ4n) is 3.23. The molecule has 0 saturated carbocycles. The zero-order valence-corrected chi connectivity index (χ0v) is 15.3. The Morgan fingerprint density at radius 3 is 2.72 bits per heavy atom. The molecule has 0 bridgehead atoms. The first-order valence-corrected chi connectivity index (χ1v) is 9.22. The fraction of sp³-hybridized carbons (Fsp3) is 0.217. The van der Waals surface area contributed by atoms with Gasteiger partial charge in [0.15, 0.2) is 0 Å². The molecule has 128 valence electrons. The van der Waals surface area contributed by atoms with E-state index in [0.717, 1.165) is 41.8 Å². The highest BCUT2D eigenvalue weighted by Gasteiger charge is 2.14. The van der Waals surface area contributed by atoms with Crippen LogP contribution < -0.4 is 0 Å². The van der Waals surface area contributed by atoms with Gasteiger partial charge in [0.05, 0.1) is 0 Å². The number of aromatic hydroxyl groups is 1. The van der Waals surface area contributed by atoms with Gasteiger partial charge in [-0.25, -0.2) is 0 Å². The Bertz CT molecular complexity index is 843. The zero-order valence-electron chi connectivity index (χ0n) is 14.5. The first kappa shape index (κ1) is 17.6. The van der Waals surface area contributed by atoms with Crippen molar-refractivity contribution >= 4 is 23.3 Å².